The average Bonchev–Trinajstić information content (AvgIpc) is 2.55. The zero-order valence-electron chi connectivity index (χ0n) is 11.9. The van der Waals surface area contributed by atoms with E-state index in [1.165, 1.54) is 44.9 Å². The maximum Gasteiger partial charge on any atom is 0.220 e. The van der Waals surface area contributed by atoms with Crippen LogP contribution < -0.4 is 11.1 Å². The summed E-state index contributed by atoms with van der Waals surface area (Å²) in [5.41, 5.74) is 6.11. The van der Waals surface area contributed by atoms with Gasteiger partial charge in [0.25, 0.3) is 0 Å². The summed E-state index contributed by atoms with van der Waals surface area (Å²) in [6.07, 6.45) is 12.5. The van der Waals surface area contributed by atoms with Gasteiger partial charge in [0.2, 0.25) is 5.91 Å². The Hall–Kier alpha value is -0.570. The van der Waals surface area contributed by atoms with Crippen molar-refractivity contribution in [3.63, 3.8) is 0 Å². The van der Waals surface area contributed by atoms with E-state index in [0.29, 0.717) is 6.42 Å². The molecule has 1 aliphatic carbocycles. The fraction of sp³-hybridized carbons (Fsp3) is 0.933. The molecule has 2 atom stereocenters. The molecule has 0 radical (unpaired) electrons. The summed E-state index contributed by atoms with van der Waals surface area (Å²) in [6, 6.07) is 0.382. The van der Waals surface area contributed by atoms with Gasteiger partial charge in [0.15, 0.2) is 0 Å². The molecular formula is C15H30N2O. The lowest BCUT2D eigenvalue weighted by Gasteiger charge is -2.22. The Labute approximate surface area is 112 Å². The van der Waals surface area contributed by atoms with Gasteiger partial charge in [-0.3, -0.25) is 4.79 Å². The molecule has 0 aromatic carbocycles. The van der Waals surface area contributed by atoms with E-state index in [4.69, 9.17) is 5.73 Å². The van der Waals surface area contributed by atoms with Crippen LogP contribution in [-0.2, 0) is 4.79 Å². The van der Waals surface area contributed by atoms with Gasteiger partial charge in [-0.25, -0.2) is 0 Å². The molecule has 1 aliphatic rings. The minimum absolute atomic E-state index is 0.163. The van der Waals surface area contributed by atoms with Crippen LogP contribution >= 0.6 is 0 Å². The van der Waals surface area contributed by atoms with Crippen molar-refractivity contribution in [2.24, 2.45) is 5.73 Å². The lowest BCUT2D eigenvalue weighted by atomic mass is 10.0. The summed E-state index contributed by atoms with van der Waals surface area (Å²) in [7, 11) is 0. The van der Waals surface area contributed by atoms with Gasteiger partial charge >= 0.3 is 0 Å². The largest absolute Gasteiger partial charge is 0.352 e. The van der Waals surface area contributed by atoms with Crippen molar-refractivity contribution in [1.29, 1.82) is 0 Å². The quantitative estimate of drug-likeness (QED) is 0.542. The number of nitrogens with one attached hydrogen (secondary N) is 1. The molecule has 18 heavy (non-hydrogen) atoms. The number of rotatable bonds is 7. The van der Waals surface area contributed by atoms with Gasteiger partial charge in [0.05, 0.1) is 0 Å². The summed E-state index contributed by atoms with van der Waals surface area (Å²) in [6.45, 7) is 2.21. The molecule has 2 unspecified atom stereocenters. The maximum atomic E-state index is 11.8. The first-order valence-corrected chi connectivity index (χ1v) is 7.79. The molecule has 0 aliphatic heterocycles. The van der Waals surface area contributed by atoms with E-state index in [1.807, 2.05) is 0 Å². The van der Waals surface area contributed by atoms with E-state index in [-0.39, 0.29) is 18.0 Å². The second kappa shape index (κ2) is 9.37. The second-order valence-electron chi connectivity index (χ2n) is 5.64. The fourth-order valence-corrected chi connectivity index (χ4v) is 2.68. The first kappa shape index (κ1) is 15.5. The molecular weight excluding hydrogens is 224 g/mol. The lowest BCUT2D eigenvalue weighted by Crippen LogP contribution is -2.46. The van der Waals surface area contributed by atoms with E-state index < -0.39 is 0 Å². The van der Waals surface area contributed by atoms with Gasteiger partial charge < -0.3 is 11.1 Å². The average molecular weight is 254 g/mol. The maximum absolute atomic E-state index is 11.8. The first-order chi connectivity index (χ1) is 8.74. The highest BCUT2D eigenvalue weighted by atomic mass is 16.1. The van der Waals surface area contributed by atoms with Crippen molar-refractivity contribution in [2.75, 3.05) is 0 Å². The third-order valence-corrected chi connectivity index (χ3v) is 3.92. The van der Waals surface area contributed by atoms with Gasteiger partial charge in [-0.15, -0.1) is 0 Å². The Morgan fingerprint density at radius 1 is 1.11 bits per heavy atom. The Morgan fingerprint density at radius 2 is 1.83 bits per heavy atom. The van der Waals surface area contributed by atoms with Gasteiger partial charge in [-0.05, 0) is 19.3 Å². The zero-order valence-corrected chi connectivity index (χ0v) is 11.9. The van der Waals surface area contributed by atoms with Crippen LogP contribution in [0.25, 0.3) is 0 Å². The molecule has 0 heterocycles. The van der Waals surface area contributed by atoms with Gasteiger partial charge in [-0.2, -0.15) is 0 Å². The summed E-state index contributed by atoms with van der Waals surface area (Å²) < 4.78 is 0. The Balaban J connectivity index is 2.13. The highest BCUT2D eigenvalue weighted by Gasteiger charge is 2.21. The minimum atomic E-state index is 0.163. The number of unbranched alkanes of at least 4 members (excludes halogenated alkanes) is 4. The van der Waals surface area contributed by atoms with Crippen LogP contribution in [0.3, 0.4) is 0 Å². The molecule has 1 fully saturated rings. The molecule has 0 saturated heterocycles. The Kier molecular flexibility index (Phi) is 8.06. The number of carbonyl (C=O) groups is 1. The number of amides is 1. The van der Waals surface area contributed by atoms with Crippen molar-refractivity contribution in [3.05, 3.63) is 0 Å². The van der Waals surface area contributed by atoms with Gasteiger partial charge in [0, 0.05) is 18.5 Å². The van der Waals surface area contributed by atoms with Crippen LogP contribution in [0.5, 0.6) is 0 Å². The van der Waals surface area contributed by atoms with Crippen LogP contribution in [0.15, 0.2) is 0 Å². The van der Waals surface area contributed by atoms with Crippen LogP contribution in [0.2, 0.25) is 0 Å². The van der Waals surface area contributed by atoms with Crippen molar-refractivity contribution < 1.29 is 4.79 Å². The summed E-state index contributed by atoms with van der Waals surface area (Å²) >= 11 is 0. The Morgan fingerprint density at radius 3 is 2.61 bits per heavy atom. The van der Waals surface area contributed by atoms with E-state index in [0.717, 1.165) is 19.3 Å². The van der Waals surface area contributed by atoms with Crippen LogP contribution in [0.4, 0.5) is 0 Å². The molecule has 1 saturated carbocycles. The smallest absolute Gasteiger partial charge is 0.220 e. The molecule has 3 heteroatoms. The van der Waals surface area contributed by atoms with Crippen LogP contribution in [-0.4, -0.2) is 18.0 Å². The molecule has 1 amide bonds. The molecule has 0 aromatic heterocycles. The highest BCUT2D eigenvalue weighted by Crippen LogP contribution is 2.17. The molecule has 1 rings (SSSR count). The fourth-order valence-electron chi connectivity index (χ4n) is 2.68. The number of hydrogen-bond acceptors (Lipinski definition) is 2. The van der Waals surface area contributed by atoms with Crippen molar-refractivity contribution in [1.82, 2.24) is 5.32 Å². The monoisotopic (exact) mass is 254 g/mol. The molecule has 3 N–H and O–H groups in total. The molecule has 0 spiro atoms. The van der Waals surface area contributed by atoms with Crippen LogP contribution in [0, 0.1) is 0 Å². The molecule has 3 nitrogen and oxygen atoms in total. The molecule has 0 aromatic rings. The second-order valence-corrected chi connectivity index (χ2v) is 5.64. The predicted octanol–water partition coefficient (Wildman–Crippen LogP) is 3.12. The summed E-state index contributed by atoms with van der Waals surface area (Å²) in [4.78, 5) is 11.8. The predicted molar refractivity (Wildman–Crippen MR) is 76.4 cm³/mol. The van der Waals surface area contributed by atoms with Crippen LogP contribution in [0.1, 0.15) is 77.6 Å². The summed E-state index contributed by atoms with van der Waals surface area (Å²) in [5, 5.41) is 3.14. The third kappa shape index (κ3) is 6.39. The standard InChI is InChI=1S/C15H30N2O/c1-2-3-4-5-9-12-15(18)17-14-11-8-6-7-10-13(14)16/h13-14H,2-12,16H2,1H3,(H,17,18). The van der Waals surface area contributed by atoms with Crippen molar-refractivity contribution in [2.45, 2.75) is 89.6 Å². The van der Waals surface area contributed by atoms with E-state index >= 15 is 0 Å². The molecule has 0 bridgehead atoms. The SMILES string of the molecule is CCCCCCCC(=O)NC1CCCCCC1N. The zero-order chi connectivity index (χ0) is 13.2. The van der Waals surface area contributed by atoms with E-state index in [2.05, 4.69) is 12.2 Å². The van der Waals surface area contributed by atoms with Gasteiger partial charge in [0.1, 0.15) is 0 Å². The first-order valence-electron chi connectivity index (χ1n) is 7.79. The topological polar surface area (TPSA) is 55.1 Å². The van der Waals surface area contributed by atoms with E-state index in [1.54, 1.807) is 0 Å². The Bertz CT molecular complexity index is 231. The van der Waals surface area contributed by atoms with Gasteiger partial charge in [-0.1, -0.05) is 51.9 Å². The summed E-state index contributed by atoms with van der Waals surface area (Å²) in [5.74, 6) is 0.203. The normalized spacial score (nSPS) is 24.6. The number of hydrogen-bond donors (Lipinski definition) is 2. The third-order valence-electron chi connectivity index (χ3n) is 3.92. The number of nitrogens with two attached hydrogens (primary N) is 1. The molecule has 106 valence electrons. The minimum Gasteiger partial charge on any atom is -0.352 e. The van der Waals surface area contributed by atoms with E-state index in [9.17, 15) is 4.79 Å². The lowest BCUT2D eigenvalue weighted by molar-refractivity contribution is -0.122. The van der Waals surface area contributed by atoms with Crippen molar-refractivity contribution in [3.8, 4) is 0 Å². The highest BCUT2D eigenvalue weighted by molar-refractivity contribution is 5.76. The van der Waals surface area contributed by atoms with Crippen molar-refractivity contribution >= 4 is 5.91 Å². The number of carbonyl (C=O) groups excluding carboxylic acids is 1.